The summed E-state index contributed by atoms with van der Waals surface area (Å²) in [6.45, 7) is 2.86. The second kappa shape index (κ2) is 9.12. The Morgan fingerprint density at radius 3 is 2.48 bits per heavy atom. The summed E-state index contributed by atoms with van der Waals surface area (Å²) in [6, 6.07) is 3.17. The molecule has 156 valence electrons. The molecular weight excluding hydrogens is 473 g/mol. The van der Waals surface area contributed by atoms with Gasteiger partial charge in [0.05, 0.1) is 26.3 Å². The van der Waals surface area contributed by atoms with Crippen LogP contribution in [0.2, 0.25) is 0 Å². The third-order valence-corrected chi connectivity index (χ3v) is 5.84. The highest BCUT2D eigenvalue weighted by Crippen LogP contribution is 2.29. The summed E-state index contributed by atoms with van der Waals surface area (Å²) in [4.78, 5) is 11.6. The molecule has 0 aliphatic carbocycles. The maximum Gasteiger partial charge on any atom is 0.272 e. The van der Waals surface area contributed by atoms with Gasteiger partial charge in [-0.05, 0) is 34.8 Å². The van der Waals surface area contributed by atoms with Crippen molar-refractivity contribution in [2.75, 3.05) is 11.3 Å². The predicted octanol–water partition coefficient (Wildman–Crippen LogP) is 4.76. The van der Waals surface area contributed by atoms with Crippen LogP contribution < -0.4 is 9.46 Å². The number of anilines is 1. The molecule has 2 heterocycles. The molecule has 0 aliphatic heterocycles. The van der Waals surface area contributed by atoms with Crippen LogP contribution >= 0.6 is 15.9 Å². The van der Waals surface area contributed by atoms with E-state index in [1.54, 1.807) is 19.9 Å². The molecule has 1 unspecified atom stereocenters. The van der Waals surface area contributed by atoms with Crippen molar-refractivity contribution >= 4 is 43.8 Å². The summed E-state index contributed by atoms with van der Waals surface area (Å²) in [7, 11) is -1.78. The van der Waals surface area contributed by atoms with Crippen molar-refractivity contribution in [1.29, 1.82) is 0 Å². The van der Waals surface area contributed by atoms with E-state index in [2.05, 4.69) is 35.6 Å². The van der Waals surface area contributed by atoms with Gasteiger partial charge >= 0.3 is 0 Å². The standard InChI is InChI=1S/C18H18BrF3N4O2S/c1-3-11-17(28-8-14(20)21)12(4-2)25-18(24-11)26-29(27)13-7-23-16-9(13)5-6-10(19)15(16)22/h5-7,14,23H,3-4,8H2,1-2H3,(H,24,25,26). The van der Waals surface area contributed by atoms with Crippen LogP contribution in [0.25, 0.3) is 10.9 Å². The molecule has 0 bridgehead atoms. The Labute approximate surface area is 176 Å². The summed E-state index contributed by atoms with van der Waals surface area (Å²) < 4.78 is 60.3. The minimum Gasteiger partial charge on any atom is -0.484 e. The van der Waals surface area contributed by atoms with E-state index in [0.717, 1.165) is 0 Å². The summed E-state index contributed by atoms with van der Waals surface area (Å²) in [5.41, 5.74) is 1.10. The molecule has 1 atom stereocenters. The van der Waals surface area contributed by atoms with Crippen LogP contribution in [0.4, 0.5) is 19.1 Å². The zero-order valence-electron chi connectivity index (χ0n) is 15.6. The number of nitrogens with one attached hydrogen (secondary N) is 2. The smallest absolute Gasteiger partial charge is 0.272 e. The fourth-order valence-corrected chi connectivity index (χ4v) is 4.02. The second-order valence-corrected chi connectivity index (χ2v) is 8.02. The molecule has 1 aromatic carbocycles. The van der Waals surface area contributed by atoms with Gasteiger partial charge in [-0.2, -0.15) is 0 Å². The van der Waals surface area contributed by atoms with Gasteiger partial charge in [0.2, 0.25) is 5.95 Å². The van der Waals surface area contributed by atoms with E-state index in [-0.39, 0.29) is 17.2 Å². The summed E-state index contributed by atoms with van der Waals surface area (Å²) in [6.07, 6.45) is -0.328. The Morgan fingerprint density at radius 1 is 1.24 bits per heavy atom. The van der Waals surface area contributed by atoms with Crippen LogP contribution in [0, 0.1) is 5.82 Å². The van der Waals surface area contributed by atoms with Crippen molar-refractivity contribution in [3.8, 4) is 5.75 Å². The summed E-state index contributed by atoms with van der Waals surface area (Å²) >= 11 is 3.11. The average Bonchev–Trinajstić information content (AvgIpc) is 3.13. The van der Waals surface area contributed by atoms with Crippen LogP contribution in [0.5, 0.6) is 5.75 Å². The lowest BCUT2D eigenvalue weighted by atomic mass is 10.2. The van der Waals surface area contributed by atoms with E-state index in [1.165, 1.54) is 12.3 Å². The van der Waals surface area contributed by atoms with Crippen molar-refractivity contribution in [2.45, 2.75) is 38.0 Å². The number of ether oxygens (including phenoxy) is 1. The van der Waals surface area contributed by atoms with Gasteiger partial charge in [-0.15, -0.1) is 0 Å². The number of aryl methyl sites for hydroxylation is 2. The van der Waals surface area contributed by atoms with Crippen molar-refractivity contribution in [3.05, 3.63) is 40.0 Å². The number of nitrogens with zero attached hydrogens (tertiary/aromatic N) is 2. The highest BCUT2D eigenvalue weighted by Gasteiger charge is 2.19. The van der Waals surface area contributed by atoms with E-state index < -0.39 is 29.8 Å². The number of rotatable bonds is 8. The second-order valence-electron chi connectivity index (χ2n) is 5.99. The number of aromatic amines is 1. The van der Waals surface area contributed by atoms with E-state index in [4.69, 9.17) is 4.74 Å². The molecule has 2 aromatic heterocycles. The first-order chi connectivity index (χ1) is 13.8. The molecule has 6 nitrogen and oxygen atoms in total. The number of H-pyrrole nitrogens is 1. The number of aromatic nitrogens is 3. The molecule has 2 N–H and O–H groups in total. The van der Waals surface area contributed by atoms with Gasteiger partial charge in [0, 0.05) is 11.6 Å². The molecule has 0 saturated heterocycles. The Morgan fingerprint density at radius 2 is 1.90 bits per heavy atom. The third-order valence-electron chi connectivity index (χ3n) is 4.12. The summed E-state index contributed by atoms with van der Waals surface area (Å²) in [5, 5.41) is 0.458. The Kier molecular flexibility index (Phi) is 6.78. The molecule has 0 spiro atoms. The lowest BCUT2D eigenvalue weighted by Gasteiger charge is -2.15. The lowest BCUT2D eigenvalue weighted by molar-refractivity contribution is 0.0805. The fourth-order valence-electron chi connectivity index (χ4n) is 2.79. The first-order valence-corrected chi connectivity index (χ1v) is 10.7. The largest absolute Gasteiger partial charge is 0.484 e. The topological polar surface area (TPSA) is 79.9 Å². The van der Waals surface area contributed by atoms with Crippen molar-refractivity contribution in [2.24, 2.45) is 0 Å². The van der Waals surface area contributed by atoms with Crippen LogP contribution in [-0.2, 0) is 23.8 Å². The van der Waals surface area contributed by atoms with Crippen molar-refractivity contribution < 1.29 is 22.1 Å². The zero-order chi connectivity index (χ0) is 21.1. The molecule has 3 aromatic rings. The number of hydrogen-bond donors (Lipinski definition) is 2. The van der Waals surface area contributed by atoms with Gasteiger partial charge in [-0.3, -0.25) is 4.72 Å². The lowest BCUT2D eigenvalue weighted by Crippen LogP contribution is -2.15. The molecule has 3 rings (SSSR count). The van der Waals surface area contributed by atoms with E-state index in [0.29, 0.717) is 39.0 Å². The van der Waals surface area contributed by atoms with E-state index in [1.807, 2.05) is 0 Å². The minimum absolute atomic E-state index is 0.0772. The first kappa shape index (κ1) is 21.6. The van der Waals surface area contributed by atoms with Crippen molar-refractivity contribution in [1.82, 2.24) is 15.0 Å². The maximum atomic E-state index is 14.2. The molecule has 0 amide bonds. The number of hydrogen-bond acceptors (Lipinski definition) is 4. The monoisotopic (exact) mass is 490 g/mol. The molecule has 0 radical (unpaired) electrons. The van der Waals surface area contributed by atoms with Gasteiger partial charge in [0.25, 0.3) is 6.43 Å². The van der Waals surface area contributed by atoms with Gasteiger partial charge in [0.1, 0.15) is 6.61 Å². The number of alkyl halides is 2. The molecule has 0 aliphatic rings. The van der Waals surface area contributed by atoms with E-state index >= 15 is 0 Å². The van der Waals surface area contributed by atoms with Crippen LogP contribution in [0.15, 0.2) is 27.7 Å². The summed E-state index contributed by atoms with van der Waals surface area (Å²) in [5.74, 6) is -0.178. The average molecular weight is 491 g/mol. The molecular formula is C18H18BrF3N4O2S. The van der Waals surface area contributed by atoms with Crippen molar-refractivity contribution in [3.63, 3.8) is 0 Å². The minimum atomic E-state index is -2.61. The predicted molar refractivity (Wildman–Crippen MR) is 108 cm³/mol. The Bertz CT molecular complexity index is 1040. The maximum absolute atomic E-state index is 14.2. The van der Waals surface area contributed by atoms with Crippen LogP contribution in [0.3, 0.4) is 0 Å². The van der Waals surface area contributed by atoms with Crippen LogP contribution in [-0.4, -0.2) is 32.2 Å². The van der Waals surface area contributed by atoms with E-state index in [9.17, 15) is 17.4 Å². The van der Waals surface area contributed by atoms with Gasteiger partial charge in [-0.1, -0.05) is 19.9 Å². The van der Waals surface area contributed by atoms with Gasteiger partial charge in [-0.25, -0.2) is 27.3 Å². The molecule has 11 heteroatoms. The highest BCUT2D eigenvalue weighted by atomic mass is 79.9. The highest BCUT2D eigenvalue weighted by molar-refractivity contribution is 9.10. The number of fused-ring (bicyclic) bond motifs is 1. The fraction of sp³-hybridized carbons (Fsp3) is 0.333. The third kappa shape index (κ3) is 4.55. The molecule has 0 fully saturated rings. The zero-order valence-corrected chi connectivity index (χ0v) is 18.0. The number of benzene rings is 1. The molecule has 29 heavy (non-hydrogen) atoms. The quantitative estimate of drug-likeness (QED) is 0.476. The normalized spacial score (nSPS) is 12.5. The SMILES string of the molecule is CCc1nc(NS(=O)c2c[nH]c3c(F)c(Br)ccc23)nc(CC)c1OCC(F)F. The Balaban J connectivity index is 1.92. The Hall–Kier alpha value is -2.14. The first-order valence-electron chi connectivity index (χ1n) is 8.79. The molecule has 0 saturated carbocycles. The van der Waals surface area contributed by atoms with Gasteiger partial charge in [0.15, 0.2) is 22.6 Å². The van der Waals surface area contributed by atoms with Gasteiger partial charge < -0.3 is 9.72 Å². The van der Waals surface area contributed by atoms with Crippen LogP contribution in [0.1, 0.15) is 25.2 Å². The number of halogens is 4.